The van der Waals surface area contributed by atoms with Crippen LogP contribution in [0.5, 0.6) is 5.75 Å². The number of fused-ring (bicyclic) bond motifs is 1. The second-order valence-electron chi connectivity index (χ2n) is 4.99. The van der Waals surface area contributed by atoms with Crippen molar-refractivity contribution in [1.29, 1.82) is 5.26 Å². The zero-order valence-corrected chi connectivity index (χ0v) is 12.3. The van der Waals surface area contributed by atoms with E-state index in [1.807, 2.05) is 18.8 Å². The molecule has 0 spiro atoms. The number of rotatable bonds is 2. The summed E-state index contributed by atoms with van der Waals surface area (Å²) in [4.78, 5) is 0. The van der Waals surface area contributed by atoms with Gasteiger partial charge in [-0.1, -0.05) is 11.6 Å². The maximum Gasteiger partial charge on any atom is 0.198 e. The fourth-order valence-corrected chi connectivity index (χ4v) is 3.27. The molecule has 0 aliphatic carbocycles. The van der Waals surface area contributed by atoms with Crippen molar-refractivity contribution in [3.8, 4) is 11.8 Å². The molecule has 1 unspecified atom stereocenters. The molecule has 1 aromatic carbocycles. The van der Waals surface area contributed by atoms with Gasteiger partial charge in [-0.3, -0.25) is 0 Å². The Morgan fingerprint density at radius 3 is 2.78 bits per heavy atom. The minimum Gasteiger partial charge on any atom is -0.493 e. The SMILES string of the molecule is CS(C)(C)OC1(C#N)CCOc2ccc(Cl)cc21. The van der Waals surface area contributed by atoms with Crippen LogP contribution in [0.25, 0.3) is 0 Å². The van der Waals surface area contributed by atoms with Crippen LogP contribution in [0.3, 0.4) is 0 Å². The molecule has 0 N–H and O–H groups in total. The Kier molecular flexibility index (Phi) is 3.50. The maximum atomic E-state index is 9.58. The molecular weight excluding hydrogens is 270 g/mol. The van der Waals surface area contributed by atoms with Crippen LogP contribution in [-0.4, -0.2) is 25.4 Å². The van der Waals surface area contributed by atoms with Crippen molar-refractivity contribution in [2.24, 2.45) is 0 Å². The molecule has 5 heteroatoms. The first-order chi connectivity index (χ1) is 8.36. The molecule has 0 aromatic heterocycles. The summed E-state index contributed by atoms with van der Waals surface area (Å²) >= 11 is 6.02. The lowest BCUT2D eigenvalue weighted by Crippen LogP contribution is -2.35. The van der Waals surface area contributed by atoms with E-state index in [2.05, 4.69) is 6.07 Å². The first kappa shape index (κ1) is 13.5. The van der Waals surface area contributed by atoms with Crippen LogP contribution < -0.4 is 4.74 Å². The topological polar surface area (TPSA) is 42.2 Å². The minimum absolute atomic E-state index is 0.484. The summed E-state index contributed by atoms with van der Waals surface area (Å²) in [5, 5.41) is 10.2. The third kappa shape index (κ3) is 2.59. The molecule has 1 heterocycles. The van der Waals surface area contributed by atoms with Gasteiger partial charge in [0.1, 0.15) is 11.8 Å². The highest BCUT2D eigenvalue weighted by atomic mass is 35.5. The highest BCUT2D eigenvalue weighted by molar-refractivity contribution is 8.28. The van der Waals surface area contributed by atoms with E-state index in [0.29, 0.717) is 23.8 Å². The Bertz CT molecular complexity index is 507. The lowest BCUT2D eigenvalue weighted by Gasteiger charge is -2.40. The summed E-state index contributed by atoms with van der Waals surface area (Å²) in [6, 6.07) is 7.64. The molecule has 1 atom stereocenters. The summed E-state index contributed by atoms with van der Waals surface area (Å²) in [7, 11) is -1.27. The van der Waals surface area contributed by atoms with Crippen molar-refractivity contribution in [1.82, 2.24) is 0 Å². The molecule has 3 nitrogen and oxygen atoms in total. The van der Waals surface area contributed by atoms with Crippen molar-refractivity contribution in [3.05, 3.63) is 28.8 Å². The van der Waals surface area contributed by atoms with Gasteiger partial charge in [-0.25, -0.2) is 0 Å². The smallest absolute Gasteiger partial charge is 0.198 e. The van der Waals surface area contributed by atoms with Gasteiger partial charge >= 0.3 is 0 Å². The zero-order valence-electron chi connectivity index (χ0n) is 10.7. The molecule has 0 saturated heterocycles. The molecule has 1 aliphatic rings. The van der Waals surface area contributed by atoms with E-state index in [0.717, 1.165) is 5.56 Å². The van der Waals surface area contributed by atoms with Crippen LogP contribution in [0.1, 0.15) is 12.0 Å². The number of ether oxygens (including phenoxy) is 1. The van der Waals surface area contributed by atoms with Gasteiger partial charge in [0.25, 0.3) is 0 Å². The van der Waals surface area contributed by atoms with Gasteiger partial charge in [0.2, 0.25) is 0 Å². The van der Waals surface area contributed by atoms with E-state index in [1.54, 1.807) is 18.2 Å². The van der Waals surface area contributed by atoms with Crippen molar-refractivity contribution < 1.29 is 8.92 Å². The summed E-state index contributed by atoms with van der Waals surface area (Å²) in [6.45, 7) is 0.484. The van der Waals surface area contributed by atoms with E-state index < -0.39 is 15.9 Å². The highest BCUT2D eigenvalue weighted by Gasteiger charge is 2.42. The Labute approximate surface area is 114 Å². The predicted octanol–water partition coefficient (Wildman–Crippen LogP) is 3.47. The van der Waals surface area contributed by atoms with Crippen LogP contribution in [0.4, 0.5) is 0 Å². The van der Waals surface area contributed by atoms with Gasteiger partial charge in [-0.05, 0) is 37.0 Å². The molecule has 98 valence electrons. The van der Waals surface area contributed by atoms with Crippen LogP contribution >= 0.6 is 21.9 Å². The van der Waals surface area contributed by atoms with Gasteiger partial charge in [0.15, 0.2) is 5.60 Å². The predicted molar refractivity (Wildman–Crippen MR) is 75.3 cm³/mol. The number of nitriles is 1. The molecule has 0 amide bonds. The molecule has 18 heavy (non-hydrogen) atoms. The number of benzene rings is 1. The summed E-state index contributed by atoms with van der Waals surface area (Å²) in [6.07, 6.45) is 6.59. The van der Waals surface area contributed by atoms with Gasteiger partial charge < -0.3 is 8.92 Å². The van der Waals surface area contributed by atoms with Crippen LogP contribution in [0, 0.1) is 11.3 Å². The van der Waals surface area contributed by atoms with Crippen LogP contribution in [0.2, 0.25) is 5.02 Å². The Hall–Kier alpha value is -0.890. The second kappa shape index (κ2) is 4.65. The fraction of sp³-hybridized carbons (Fsp3) is 0.462. The molecule has 0 radical (unpaired) electrons. The van der Waals surface area contributed by atoms with Gasteiger partial charge in [0.05, 0.1) is 6.61 Å². The molecule has 0 saturated carbocycles. The number of hydrogen-bond donors (Lipinski definition) is 0. The maximum absolute atomic E-state index is 9.58. The fourth-order valence-electron chi connectivity index (χ4n) is 2.03. The highest BCUT2D eigenvalue weighted by Crippen LogP contribution is 2.50. The Morgan fingerprint density at radius 1 is 1.44 bits per heavy atom. The van der Waals surface area contributed by atoms with Gasteiger partial charge in [-0.15, -0.1) is 10.3 Å². The second-order valence-corrected chi connectivity index (χ2v) is 9.04. The van der Waals surface area contributed by atoms with Gasteiger partial charge in [0, 0.05) is 17.0 Å². The van der Waals surface area contributed by atoms with E-state index in [4.69, 9.17) is 20.5 Å². The first-order valence-electron chi connectivity index (χ1n) is 5.59. The molecule has 1 aromatic rings. The van der Waals surface area contributed by atoms with Crippen molar-refractivity contribution in [2.75, 3.05) is 25.4 Å². The van der Waals surface area contributed by atoms with E-state index in [-0.39, 0.29) is 0 Å². The summed E-state index contributed by atoms with van der Waals surface area (Å²) in [5.74, 6) is 0.691. The average molecular weight is 286 g/mol. The van der Waals surface area contributed by atoms with E-state index in [1.165, 1.54) is 0 Å². The molecule has 0 fully saturated rings. The quantitative estimate of drug-likeness (QED) is 0.835. The minimum atomic E-state index is -1.27. The van der Waals surface area contributed by atoms with Crippen molar-refractivity contribution >= 4 is 21.9 Å². The number of nitrogens with zero attached hydrogens (tertiary/aromatic N) is 1. The summed E-state index contributed by atoms with van der Waals surface area (Å²) < 4.78 is 11.7. The third-order valence-electron chi connectivity index (χ3n) is 2.66. The zero-order chi connectivity index (χ0) is 13.4. The van der Waals surface area contributed by atoms with E-state index in [9.17, 15) is 5.26 Å². The molecular formula is C13H16ClNO2S. The van der Waals surface area contributed by atoms with Crippen molar-refractivity contribution in [3.63, 3.8) is 0 Å². The van der Waals surface area contributed by atoms with Crippen molar-refractivity contribution in [2.45, 2.75) is 12.0 Å². The van der Waals surface area contributed by atoms with Crippen LogP contribution in [-0.2, 0) is 9.78 Å². The number of halogens is 1. The molecule has 1 aliphatic heterocycles. The lowest BCUT2D eigenvalue weighted by atomic mass is 9.90. The normalized spacial score (nSPS) is 23.7. The van der Waals surface area contributed by atoms with Crippen LogP contribution in [0.15, 0.2) is 18.2 Å². The standard InChI is InChI=1S/C13H16ClNO2S/c1-18(2,3)17-13(9-15)6-7-16-12-5-4-10(14)8-11(12)13/h4-5,8H,6-7H2,1-3H3. The molecule has 2 rings (SSSR count). The largest absolute Gasteiger partial charge is 0.493 e. The van der Waals surface area contributed by atoms with Gasteiger partial charge in [-0.2, -0.15) is 5.26 Å². The van der Waals surface area contributed by atoms with E-state index >= 15 is 0 Å². The molecule has 0 bridgehead atoms. The monoisotopic (exact) mass is 285 g/mol. The summed E-state index contributed by atoms with van der Waals surface area (Å²) in [5.41, 5.74) is -0.197. The first-order valence-corrected chi connectivity index (χ1v) is 8.75. The number of hydrogen-bond acceptors (Lipinski definition) is 3. The Morgan fingerprint density at radius 2 is 2.17 bits per heavy atom. The third-order valence-corrected chi connectivity index (χ3v) is 3.68. The Balaban J connectivity index is 2.52. The lowest BCUT2D eigenvalue weighted by molar-refractivity contribution is 0.0902. The average Bonchev–Trinajstić information content (AvgIpc) is 2.28.